The molecule has 0 amide bonds. The Bertz CT molecular complexity index is 779. The zero-order valence-electron chi connectivity index (χ0n) is 9.18. The van der Waals surface area contributed by atoms with Crippen molar-refractivity contribution in [3.63, 3.8) is 0 Å². The second-order valence-corrected chi connectivity index (χ2v) is 5.10. The molecule has 2 aliphatic rings. The Morgan fingerprint density at radius 3 is 2.89 bits per heavy atom. The van der Waals surface area contributed by atoms with E-state index in [1.54, 1.807) is 0 Å². The quantitative estimate of drug-likeness (QED) is 0.460. The van der Waals surface area contributed by atoms with E-state index in [0.29, 0.717) is 4.74 Å². The lowest BCUT2D eigenvalue weighted by Gasteiger charge is -2.20. The van der Waals surface area contributed by atoms with Crippen LogP contribution < -0.4 is 0 Å². The maximum atomic E-state index is 13.3. The van der Waals surface area contributed by atoms with E-state index in [-0.39, 0.29) is 39.6 Å². The number of alkyl halides is 3. The van der Waals surface area contributed by atoms with E-state index in [9.17, 15) is 18.4 Å². The summed E-state index contributed by atoms with van der Waals surface area (Å²) in [5.41, 5.74) is -1.94. The van der Waals surface area contributed by atoms with Gasteiger partial charge < -0.3 is 10.2 Å². The van der Waals surface area contributed by atoms with Crippen LogP contribution in [0.15, 0.2) is 12.3 Å². The third-order valence-corrected chi connectivity index (χ3v) is 3.99. The number of rotatable bonds is 0. The Hall–Kier alpha value is -1.76. The highest BCUT2D eigenvalue weighted by molar-refractivity contribution is 6.30. The van der Waals surface area contributed by atoms with Gasteiger partial charge in [-0.05, 0) is 0 Å². The summed E-state index contributed by atoms with van der Waals surface area (Å²) >= 11 is 5.76. The Balaban J connectivity index is 2.15. The van der Waals surface area contributed by atoms with Crippen LogP contribution in [-0.4, -0.2) is 26.6 Å². The molecule has 0 radical (unpaired) electrons. The summed E-state index contributed by atoms with van der Waals surface area (Å²) < 4.78 is 40.2. The normalized spacial score (nSPS) is 24.8. The molecule has 1 unspecified atom stereocenters. The molecule has 2 aromatic rings. The minimum atomic E-state index is -4.49. The monoisotopic (exact) mass is 287 g/mol. The van der Waals surface area contributed by atoms with Gasteiger partial charge in [-0.15, -0.1) is 0 Å². The first-order chi connectivity index (χ1) is 8.86. The van der Waals surface area contributed by atoms with Crippen molar-refractivity contribution in [1.29, 1.82) is 0 Å². The molecular weight excluding hydrogens is 283 g/mol. The molecule has 4 rings (SSSR count). The van der Waals surface area contributed by atoms with Gasteiger partial charge in [-0.2, -0.15) is 17.9 Å². The number of aromatic amines is 1. The van der Waals surface area contributed by atoms with Crippen molar-refractivity contribution in [2.45, 2.75) is 18.0 Å². The van der Waals surface area contributed by atoms with Crippen molar-refractivity contribution in [3.05, 3.63) is 28.2 Å². The van der Waals surface area contributed by atoms with Crippen LogP contribution >= 0.6 is 11.6 Å². The van der Waals surface area contributed by atoms with Gasteiger partial charge in [0.05, 0.1) is 11.8 Å². The molecule has 98 valence electrons. The maximum absolute atomic E-state index is 13.3. The standard InChI is InChI=1S/C11H5ClF3N3O/c12-7-1-5-8-4(3-16-9(8)17-7)10(11(13,14)15)2-6(10)18(5)19/h1,3H,2H2,(H,16,17). The number of hydrogen-bond donors (Lipinski definition) is 1. The molecule has 0 saturated heterocycles. The molecule has 3 heterocycles. The van der Waals surface area contributed by atoms with Crippen LogP contribution in [0.4, 0.5) is 18.9 Å². The fraction of sp³-hybridized carbons (Fsp3) is 0.273. The molecule has 1 atom stereocenters. The number of nitrogens with one attached hydrogen (secondary N) is 1. The first kappa shape index (κ1) is 11.1. The highest BCUT2D eigenvalue weighted by Gasteiger charge is 2.77. The van der Waals surface area contributed by atoms with E-state index >= 15 is 0 Å². The molecule has 0 aromatic carbocycles. The van der Waals surface area contributed by atoms with Crippen molar-refractivity contribution in [3.8, 4) is 0 Å². The van der Waals surface area contributed by atoms with E-state index in [2.05, 4.69) is 9.97 Å². The Morgan fingerprint density at radius 2 is 2.21 bits per heavy atom. The fourth-order valence-corrected chi connectivity index (χ4v) is 3.03. The van der Waals surface area contributed by atoms with Gasteiger partial charge in [-0.3, -0.25) is 0 Å². The van der Waals surface area contributed by atoms with Gasteiger partial charge in [0.25, 0.3) is 0 Å². The Morgan fingerprint density at radius 1 is 1.47 bits per heavy atom. The molecule has 1 fully saturated rings. The van der Waals surface area contributed by atoms with Gasteiger partial charge in [0.15, 0.2) is 11.1 Å². The van der Waals surface area contributed by atoms with Gasteiger partial charge >= 0.3 is 6.18 Å². The van der Waals surface area contributed by atoms with Crippen molar-refractivity contribution >= 4 is 34.0 Å². The van der Waals surface area contributed by atoms with E-state index in [1.165, 1.54) is 12.3 Å². The number of hydrogen-bond acceptors (Lipinski definition) is 2. The van der Waals surface area contributed by atoms with Crippen LogP contribution in [0.25, 0.3) is 11.0 Å². The van der Waals surface area contributed by atoms with Gasteiger partial charge in [0, 0.05) is 17.8 Å². The highest BCUT2D eigenvalue weighted by atomic mass is 35.5. The van der Waals surface area contributed by atoms with E-state index in [1.807, 2.05) is 0 Å². The lowest BCUT2D eigenvalue weighted by Crippen LogP contribution is -2.34. The smallest absolute Gasteiger partial charge is 0.408 e. The average Bonchev–Trinajstić information content (AvgIpc) is 2.95. The zero-order valence-corrected chi connectivity index (χ0v) is 9.93. The first-order valence-electron chi connectivity index (χ1n) is 5.44. The lowest BCUT2D eigenvalue weighted by molar-refractivity contribution is -0.360. The SMILES string of the molecule is [O-][N+]1=C2CC2(C(F)(F)F)c2c[nH]c3nc(Cl)cc1c23. The summed E-state index contributed by atoms with van der Waals surface area (Å²) in [6.45, 7) is 0. The zero-order chi connectivity index (χ0) is 13.6. The van der Waals surface area contributed by atoms with Crippen LogP contribution in [0.3, 0.4) is 0 Å². The Kier molecular flexibility index (Phi) is 1.68. The number of pyridine rings is 1. The molecule has 1 aliphatic heterocycles. The van der Waals surface area contributed by atoms with Crippen molar-refractivity contribution in [2.24, 2.45) is 0 Å². The number of aromatic nitrogens is 2. The maximum Gasteiger partial charge on any atom is 0.408 e. The van der Waals surface area contributed by atoms with Crippen LogP contribution in [-0.2, 0) is 5.41 Å². The third kappa shape index (κ3) is 1.08. The summed E-state index contributed by atoms with van der Waals surface area (Å²) in [5, 5.41) is 12.3. The third-order valence-electron chi connectivity index (χ3n) is 3.80. The summed E-state index contributed by atoms with van der Waals surface area (Å²) in [7, 11) is 0. The predicted octanol–water partition coefficient (Wildman–Crippen LogP) is 3.02. The number of halogens is 4. The summed E-state index contributed by atoms with van der Waals surface area (Å²) in [5.74, 6) is 0. The molecule has 1 saturated carbocycles. The van der Waals surface area contributed by atoms with Crippen molar-refractivity contribution < 1.29 is 17.9 Å². The molecule has 4 nitrogen and oxygen atoms in total. The van der Waals surface area contributed by atoms with Crippen LogP contribution in [0.5, 0.6) is 0 Å². The van der Waals surface area contributed by atoms with E-state index in [4.69, 9.17) is 11.6 Å². The summed E-state index contributed by atoms with van der Waals surface area (Å²) in [6.07, 6.45) is -3.53. The minimum Gasteiger partial charge on any atom is -0.618 e. The lowest BCUT2D eigenvalue weighted by atomic mass is 9.93. The van der Waals surface area contributed by atoms with Crippen molar-refractivity contribution in [2.75, 3.05) is 0 Å². The van der Waals surface area contributed by atoms with Crippen molar-refractivity contribution in [1.82, 2.24) is 9.97 Å². The molecule has 19 heavy (non-hydrogen) atoms. The molecule has 0 spiro atoms. The molecule has 1 N–H and O–H groups in total. The summed E-state index contributed by atoms with van der Waals surface area (Å²) in [6, 6.07) is 1.29. The Labute approximate surface area is 109 Å². The van der Waals surface area contributed by atoms with Gasteiger partial charge in [-0.1, -0.05) is 11.6 Å². The minimum absolute atomic E-state index is 0.0660. The number of nitrogens with zero attached hydrogens (tertiary/aromatic N) is 2. The average molecular weight is 288 g/mol. The number of H-pyrrole nitrogens is 1. The van der Waals surface area contributed by atoms with Crippen LogP contribution in [0.1, 0.15) is 12.0 Å². The summed E-state index contributed by atoms with van der Waals surface area (Å²) in [4.78, 5) is 6.57. The fourth-order valence-electron chi connectivity index (χ4n) is 2.85. The highest BCUT2D eigenvalue weighted by Crippen LogP contribution is 2.61. The molecular formula is C11H5ClF3N3O. The predicted molar refractivity (Wildman–Crippen MR) is 61.7 cm³/mol. The molecule has 1 aliphatic carbocycles. The van der Waals surface area contributed by atoms with E-state index < -0.39 is 11.6 Å². The largest absolute Gasteiger partial charge is 0.618 e. The molecule has 2 aromatic heterocycles. The second-order valence-electron chi connectivity index (χ2n) is 4.71. The van der Waals surface area contributed by atoms with Gasteiger partial charge in [-0.25, -0.2) is 4.98 Å². The van der Waals surface area contributed by atoms with Crippen LogP contribution in [0.2, 0.25) is 5.15 Å². The molecule has 8 heteroatoms. The topological polar surface area (TPSA) is 54.8 Å². The second kappa shape index (κ2) is 2.87. The van der Waals surface area contributed by atoms with Gasteiger partial charge in [0.1, 0.15) is 10.8 Å². The van der Waals surface area contributed by atoms with Crippen LogP contribution in [0, 0.1) is 5.21 Å². The van der Waals surface area contributed by atoms with E-state index in [0.717, 1.165) is 0 Å². The van der Waals surface area contributed by atoms with Gasteiger partial charge in [0.2, 0.25) is 5.69 Å². The number of fused-ring (bicyclic) bond motifs is 2. The molecule has 0 bridgehead atoms. The first-order valence-corrected chi connectivity index (χ1v) is 5.82.